The molecule has 18 heavy (non-hydrogen) atoms. The molecule has 0 aliphatic heterocycles. The molecule has 0 unspecified atom stereocenters. The minimum Gasteiger partial charge on any atom is -0.476 e. The van der Waals surface area contributed by atoms with Crippen molar-refractivity contribution >= 4 is 38.7 Å². The zero-order valence-corrected chi connectivity index (χ0v) is 11.2. The van der Waals surface area contributed by atoms with E-state index in [4.69, 9.17) is 5.11 Å². The summed E-state index contributed by atoms with van der Waals surface area (Å²) in [7, 11) is 0. The number of aromatic carboxylic acids is 1. The normalized spacial score (nSPS) is 11.4. The molecule has 3 aromatic rings. The van der Waals surface area contributed by atoms with E-state index in [0.717, 1.165) is 17.5 Å². The Balaban J connectivity index is 2.41. The summed E-state index contributed by atoms with van der Waals surface area (Å²) in [6.45, 7) is 2.08. The van der Waals surface area contributed by atoms with Gasteiger partial charge in [-0.05, 0) is 40.0 Å². The molecule has 0 aliphatic rings. The Kier molecular flexibility index (Phi) is 2.41. The van der Waals surface area contributed by atoms with Crippen molar-refractivity contribution in [1.82, 2.24) is 14.4 Å². The monoisotopic (exact) mass is 307 g/mol. The van der Waals surface area contributed by atoms with Crippen LogP contribution in [0.4, 0.5) is 0 Å². The van der Waals surface area contributed by atoms with Crippen LogP contribution in [0.25, 0.3) is 16.8 Å². The molecule has 2 heterocycles. The number of H-pyrrole nitrogens is 1. The maximum atomic E-state index is 11.0. The molecule has 5 nitrogen and oxygen atoms in total. The van der Waals surface area contributed by atoms with Gasteiger partial charge in [-0.25, -0.2) is 9.78 Å². The number of hydrogen-bond acceptors (Lipinski definition) is 2. The lowest BCUT2D eigenvalue weighted by Crippen LogP contribution is -1.97. The SMILES string of the molecule is CCc1ccc2[nH]c3nc(C(=O)O)c(Br)n3c2c1. The van der Waals surface area contributed by atoms with E-state index in [9.17, 15) is 4.79 Å². The largest absolute Gasteiger partial charge is 0.476 e. The molecular weight excluding hydrogens is 298 g/mol. The second-order valence-electron chi connectivity index (χ2n) is 4.05. The minimum atomic E-state index is -1.04. The topological polar surface area (TPSA) is 70.4 Å². The average Bonchev–Trinajstić information content (AvgIpc) is 2.85. The maximum absolute atomic E-state index is 11.0. The van der Waals surface area contributed by atoms with Crippen LogP contribution in [0.15, 0.2) is 22.8 Å². The summed E-state index contributed by atoms with van der Waals surface area (Å²) < 4.78 is 2.24. The summed E-state index contributed by atoms with van der Waals surface area (Å²) in [6, 6.07) is 6.07. The Morgan fingerprint density at radius 3 is 3.00 bits per heavy atom. The van der Waals surface area contributed by atoms with Crippen LogP contribution in [0.3, 0.4) is 0 Å². The average molecular weight is 308 g/mol. The van der Waals surface area contributed by atoms with E-state index in [2.05, 4.69) is 32.8 Å². The molecule has 1 aromatic carbocycles. The standard InChI is InChI=1S/C12H10BrN3O2/c1-2-6-3-4-7-8(5-6)16-10(13)9(11(17)18)15-12(16)14-7/h3-5H,2H2,1H3,(H,14,15)(H,17,18). The van der Waals surface area contributed by atoms with Gasteiger partial charge in [-0.3, -0.25) is 4.40 Å². The van der Waals surface area contributed by atoms with Gasteiger partial charge >= 0.3 is 5.97 Å². The number of carboxylic acid groups (broad SMARTS) is 1. The Bertz CT molecular complexity index is 772. The zero-order valence-electron chi connectivity index (χ0n) is 9.57. The predicted octanol–water partition coefficient (Wildman–Crippen LogP) is 2.84. The molecule has 0 bridgehead atoms. The van der Waals surface area contributed by atoms with Crippen LogP contribution in [0.1, 0.15) is 23.0 Å². The van der Waals surface area contributed by atoms with Crippen molar-refractivity contribution in [3.05, 3.63) is 34.1 Å². The van der Waals surface area contributed by atoms with Crippen LogP contribution in [0.2, 0.25) is 0 Å². The van der Waals surface area contributed by atoms with Gasteiger partial charge in [0, 0.05) is 0 Å². The quantitative estimate of drug-likeness (QED) is 0.765. The number of rotatable bonds is 2. The van der Waals surface area contributed by atoms with E-state index in [1.54, 1.807) is 4.40 Å². The van der Waals surface area contributed by atoms with Gasteiger partial charge in [0.15, 0.2) is 5.69 Å². The van der Waals surface area contributed by atoms with Gasteiger partial charge in [-0.2, -0.15) is 0 Å². The van der Waals surface area contributed by atoms with E-state index in [-0.39, 0.29) is 5.69 Å². The van der Waals surface area contributed by atoms with Gasteiger partial charge in [0.2, 0.25) is 5.78 Å². The molecule has 2 aromatic heterocycles. The number of hydrogen-bond donors (Lipinski definition) is 2. The molecule has 92 valence electrons. The van der Waals surface area contributed by atoms with Crippen LogP contribution < -0.4 is 0 Å². The molecule has 3 rings (SSSR count). The number of aromatic amines is 1. The smallest absolute Gasteiger partial charge is 0.357 e. The van der Waals surface area contributed by atoms with Gasteiger partial charge in [-0.15, -0.1) is 0 Å². The number of aryl methyl sites for hydroxylation is 1. The predicted molar refractivity (Wildman–Crippen MR) is 71.1 cm³/mol. The highest BCUT2D eigenvalue weighted by atomic mass is 79.9. The number of imidazole rings is 2. The zero-order chi connectivity index (χ0) is 12.9. The number of aromatic nitrogens is 3. The summed E-state index contributed by atoms with van der Waals surface area (Å²) in [4.78, 5) is 18.2. The van der Waals surface area contributed by atoms with Crippen LogP contribution in [-0.2, 0) is 6.42 Å². The Labute approximate surface area is 111 Å². The Morgan fingerprint density at radius 1 is 1.56 bits per heavy atom. The third-order valence-electron chi connectivity index (χ3n) is 2.98. The van der Waals surface area contributed by atoms with Crippen molar-refractivity contribution in [3.8, 4) is 0 Å². The third-order valence-corrected chi connectivity index (χ3v) is 3.71. The van der Waals surface area contributed by atoms with Gasteiger partial charge < -0.3 is 10.1 Å². The van der Waals surface area contributed by atoms with Gasteiger partial charge in [0.25, 0.3) is 0 Å². The molecule has 0 aliphatic carbocycles. The molecule has 0 radical (unpaired) electrons. The first-order valence-electron chi connectivity index (χ1n) is 5.53. The number of halogens is 1. The fourth-order valence-corrected chi connectivity index (χ4v) is 2.67. The molecule has 0 spiro atoms. The van der Waals surface area contributed by atoms with Crippen LogP contribution in [0, 0.1) is 0 Å². The van der Waals surface area contributed by atoms with E-state index < -0.39 is 5.97 Å². The molecule has 0 saturated heterocycles. The summed E-state index contributed by atoms with van der Waals surface area (Å²) in [5.41, 5.74) is 3.08. The highest BCUT2D eigenvalue weighted by Crippen LogP contribution is 2.25. The lowest BCUT2D eigenvalue weighted by atomic mass is 10.1. The molecule has 0 atom stereocenters. The maximum Gasteiger partial charge on any atom is 0.357 e. The Hall–Kier alpha value is -1.82. The number of nitrogens with one attached hydrogen (secondary N) is 1. The first kappa shape index (κ1) is 11.3. The molecule has 0 fully saturated rings. The number of carboxylic acids is 1. The second-order valence-corrected chi connectivity index (χ2v) is 4.80. The number of benzene rings is 1. The number of fused-ring (bicyclic) bond motifs is 3. The number of nitrogens with zero attached hydrogens (tertiary/aromatic N) is 2. The van der Waals surface area contributed by atoms with E-state index in [0.29, 0.717) is 10.4 Å². The third kappa shape index (κ3) is 1.45. The Morgan fingerprint density at radius 2 is 2.33 bits per heavy atom. The van der Waals surface area contributed by atoms with Crippen molar-refractivity contribution in [1.29, 1.82) is 0 Å². The van der Waals surface area contributed by atoms with E-state index >= 15 is 0 Å². The van der Waals surface area contributed by atoms with Crippen LogP contribution in [0.5, 0.6) is 0 Å². The highest BCUT2D eigenvalue weighted by molar-refractivity contribution is 9.10. The first-order chi connectivity index (χ1) is 8.61. The minimum absolute atomic E-state index is 0.0186. The summed E-state index contributed by atoms with van der Waals surface area (Å²) in [5.74, 6) is -0.513. The molecule has 2 N–H and O–H groups in total. The van der Waals surface area contributed by atoms with Crippen LogP contribution in [-0.4, -0.2) is 25.4 Å². The molecule has 0 saturated carbocycles. The number of carbonyl (C=O) groups is 1. The molecule has 0 amide bonds. The van der Waals surface area contributed by atoms with Crippen LogP contribution >= 0.6 is 15.9 Å². The van der Waals surface area contributed by atoms with Gasteiger partial charge in [0.1, 0.15) is 4.60 Å². The fourth-order valence-electron chi connectivity index (χ4n) is 2.05. The van der Waals surface area contributed by atoms with Crippen molar-refractivity contribution in [2.45, 2.75) is 13.3 Å². The van der Waals surface area contributed by atoms with Crippen molar-refractivity contribution in [2.24, 2.45) is 0 Å². The summed E-state index contributed by atoms with van der Waals surface area (Å²) in [5, 5.41) is 9.04. The molecular formula is C12H10BrN3O2. The van der Waals surface area contributed by atoms with E-state index in [1.807, 2.05) is 18.2 Å². The lowest BCUT2D eigenvalue weighted by molar-refractivity contribution is 0.0690. The fraction of sp³-hybridized carbons (Fsp3) is 0.167. The summed E-state index contributed by atoms with van der Waals surface area (Å²) >= 11 is 3.30. The van der Waals surface area contributed by atoms with Crippen molar-refractivity contribution in [2.75, 3.05) is 0 Å². The summed E-state index contributed by atoms with van der Waals surface area (Å²) in [6.07, 6.45) is 0.931. The van der Waals surface area contributed by atoms with Gasteiger partial charge in [-0.1, -0.05) is 13.0 Å². The second kappa shape index (κ2) is 3.84. The van der Waals surface area contributed by atoms with Crippen molar-refractivity contribution < 1.29 is 9.90 Å². The van der Waals surface area contributed by atoms with Crippen molar-refractivity contribution in [3.63, 3.8) is 0 Å². The highest BCUT2D eigenvalue weighted by Gasteiger charge is 2.19. The lowest BCUT2D eigenvalue weighted by Gasteiger charge is -1.98. The van der Waals surface area contributed by atoms with Gasteiger partial charge in [0.05, 0.1) is 11.0 Å². The first-order valence-corrected chi connectivity index (χ1v) is 6.33. The molecule has 6 heteroatoms. The van der Waals surface area contributed by atoms with E-state index in [1.165, 1.54) is 5.56 Å².